The molecular weight excluding hydrogens is 314 g/mol. The van der Waals surface area contributed by atoms with Gasteiger partial charge in [0.2, 0.25) is 0 Å². The van der Waals surface area contributed by atoms with Gasteiger partial charge in [0.15, 0.2) is 5.96 Å². The Kier molecular flexibility index (Phi) is 8.55. The second-order valence-corrected chi connectivity index (χ2v) is 5.73. The number of rotatable bonds is 10. The van der Waals surface area contributed by atoms with Crippen LogP contribution in [-0.2, 0) is 17.8 Å². The van der Waals surface area contributed by atoms with Gasteiger partial charge in [0.05, 0.1) is 6.54 Å². The molecule has 6 heteroatoms. The molecule has 2 aromatic rings. The van der Waals surface area contributed by atoms with Crippen LogP contribution in [0.4, 0.5) is 0 Å². The van der Waals surface area contributed by atoms with E-state index in [9.17, 15) is 0 Å². The molecule has 0 amide bonds. The summed E-state index contributed by atoms with van der Waals surface area (Å²) in [5.74, 6) is 0.824. The molecule has 0 aliphatic carbocycles. The van der Waals surface area contributed by atoms with Crippen LogP contribution >= 0.6 is 0 Å². The van der Waals surface area contributed by atoms with Crippen molar-refractivity contribution in [1.82, 2.24) is 20.4 Å². The van der Waals surface area contributed by atoms with E-state index < -0.39 is 0 Å². The van der Waals surface area contributed by atoms with Gasteiger partial charge in [-0.1, -0.05) is 24.3 Å². The molecule has 2 rings (SSSR count). The molecule has 1 aromatic carbocycles. The fourth-order valence-electron chi connectivity index (χ4n) is 2.53. The number of hydrogen-bond donors (Lipinski definition) is 2. The maximum Gasteiger partial charge on any atom is 0.191 e. The van der Waals surface area contributed by atoms with Crippen LogP contribution in [0.1, 0.15) is 30.9 Å². The summed E-state index contributed by atoms with van der Waals surface area (Å²) < 4.78 is 7.28. The summed E-state index contributed by atoms with van der Waals surface area (Å²) in [6.45, 7) is 6.03. The summed E-state index contributed by atoms with van der Waals surface area (Å²) >= 11 is 0. The molecule has 1 heterocycles. The van der Waals surface area contributed by atoms with Gasteiger partial charge in [-0.15, -0.1) is 0 Å². The molecule has 2 N–H and O–H groups in total. The van der Waals surface area contributed by atoms with Crippen molar-refractivity contribution in [3.63, 3.8) is 0 Å². The first kappa shape index (κ1) is 19.0. The van der Waals surface area contributed by atoms with Crippen molar-refractivity contribution in [1.29, 1.82) is 0 Å². The number of hydrogen-bond acceptors (Lipinski definition) is 3. The van der Waals surface area contributed by atoms with Crippen LogP contribution in [0.25, 0.3) is 0 Å². The van der Waals surface area contributed by atoms with Crippen LogP contribution < -0.4 is 10.6 Å². The number of nitrogens with zero attached hydrogens (tertiary/aromatic N) is 3. The average Bonchev–Trinajstić information content (AvgIpc) is 3.15. The second-order valence-electron chi connectivity index (χ2n) is 5.73. The Balaban J connectivity index is 1.79. The molecular formula is C19H29N5O. The molecule has 0 saturated carbocycles. The van der Waals surface area contributed by atoms with E-state index in [0.29, 0.717) is 0 Å². The molecule has 0 radical (unpaired) electrons. The largest absolute Gasteiger partial charge is 0.382 e. The summed E-state index contributed by atoms with van der Waals surface area (Å²) in [5.41, 5.74) is 2.50. The molecule has 6 nitrogen and oxygen atoms in total. The van der Waals surface area contributed by atoms with Crippen LogP contribution in [0.2, 0.25) is 0 Å². The highest BCUT2D eigenvalue weighted by molar-refractivity contribution is 5.79. The van der Waals surface area contributed by atoms with Crippen LogP contribution in [0, 0.1) is 0 Å². The lowest BCUT2D eigenvalue weighted by Gasteiger charge is -2.14. The molecule has 1 aromatic heterocycles. The molecule has 136 valence electrons. The van der Waals surface area contributed by atoms with E-state index in [1.807, 2.05) is 23.9 Å². The molecule has 0 atom stereocenters. The van der Waals surface area contributed by atoms with Gasteiger partial charge in [-0.3, -0.25) is 9.67 Å². The lowest BCUT2D eigenvalue weighted by Crippen LogP contribution is -2.37. The van der Waals surface area contributed by atoms with Crippen molar-refractivity contribution >= 4 is 5.96 Å². The minimum Gasteiger partial charge on any atom is -0.382 e. The zero-order chi connectivity index (χ0) is 17.7. The molecule has 0 saturated heterocycles. The van der Waals surface area contributed by atoms with E-state index in [4.69, 9.17) is 4.74 Å². The van der Waals surface area contributed by atoms with Crippen molar-refractivity contribution in [3.05, 3.63) is 53.9 Å². The number of guanidine groups is 1. The first-order valence-electron chi connectivity index (χ1n) is 8.90. The van der Waals surface area contributed by atoms with Crippen LogP contribution in [-0.4, -0.2) is 42.5 Å². The smallest absolute Gasteiger partial charge is 0.191 e. The number of benzene rings is 1. The zero-order valence-electron chi connectivity index (χ0n) is 15.2. The van der Waals surface area contributed by atoms with E-state index in [-0.39, 0.29) is 0 Å². The van der Waals surface area contributed by atoms with E-state index >= 15 is 0 Å². The normalized spacial score (nSPS) is 11.5. The highest BCUT2D eigenvalue weighted by Crippen LogP contribution is 2.10. The Labute approximate surface area is 150 Å². The average molecular weight is 343 g/mol. The molecule has 0 bridgehead atoms. The monoisotopic (exact) mass is 343 g/mol. The maximum atomic E-state index is 5.35. The number of nitrogens with one attached hydrogen (secondary N) is 2. The Morgan fingerprint density at radius 2 is 2.00 bits per heavy atom. The lowest BCUT2D eigenvalue weighted by atomic mass is 10.1. The Morgan fingerprint density at radius 1 is 1.16 bits per heavy atom. The van der Waals surface area contributed by atoms with Gasteiger partial charge in [-0.05, 0) is 37.0 Å². The van der Waals surface area contributed by atoms with Crippen molar-refractivity contribution < 1.29 is 4.74 Å². The Bertz CT molecular complexity index is 625. The van der Waals surface area contributed by atoms with E-state index in [2.05, 4.69) is 45.0 Å². The molecule has 0 fully saturated rings. The molecule has 0 spiro atoms. The van der Waals surface area contributed by atoms with E-state index in [0.717, 1.165) is 51.6 Å². The molecule has 0 aliphatic rings. The minimum atomic E-state index is 0.732. The fourth-order valence-corrected chi connectivity index (χ4v) is 2.53. The predicted octanol–water partition coefficient (Wildman–Crippen LogP) is 2.41. The predicted molar refractivity (Wildman–Crippen MR) is 102 cm³/mol. The first-order chi connectivity index (χ1) is 12.3. The van der Waals surface area contributed by atoms with Crippen molar-refractivity contribution in [2.75, 3.05) is 26.8 Å². The van der Waals surface area contributed by atoms with Crippen LogP contribution in [0.3, 0.4) is 0 Å². The number of ether oxygens (including phenoxy) is 1. The Morgan fingerprint density at radius 3 is 2.72 bits per heavy atom. The summed E-state index contributed by atoms with van der Waals surface area (Å²) in [6, 6.07) is 10.4. The van der Waals surface area contributed by atoms with Crippen molar-refractivity contribution in [3.8, 4) is 0 Å². The maximum absolute atomic E-state index is 5.35. The quantitative estimate of drug-likeness (QED) is 0.395. The van der Waals surface area contributed by atoms with Gasteiger partial charge in [0.25, 0.3) is 0 Å². The minimum absolute atomic E-state index is 0.732. The van der Waals surface area contributed by atoms with Gasteiger partial charge in [0, 0.05) is 45.7 Å². The number of aromatic nitrogens is 2. The topological polar surface area (TPSA) is 63.5 Å². The van der Waals surface area contributed by atoms with Gasteiger partial charge in [-0.25, -0.2) is 0 Å². The molecule has 0 unspecified atom stereocenters. The highest BCUT2D eigenvalue weighted by atomic mass is 16.5. The van der Waals surface area contributed by atoms with Gasteiger partial charge in [0.1, 0.15) is 0 Å². The summed E-state index contributed by atoms with van der Waals surface area (Å²) in [6.07, 6.45) is 5.91. The summed E-state index contributed by atoms with van der Waals surface area (Å²) in [5, 5.41) is 11.0. The second kappa shape index (κ2) is 11.3. The molecule has 0 aliphatic heterocycles. The highest BCUT2D eigenvalue weighted by Gasteiger charge is 2.04. The van der Waals surface area contributed by atoms with Crippen molar-refractivity contribution in [2.45, 2.75) is 32.9 Å². The standard InChI is InChI=1S/C19H29N5O/c1-3-25-14-7-6-11-21-19(20-2)22-15-17-9-4-5-10-18(17)16-24-13-8-12-23-24/h4-5,8-10,12-13H,3,6-7,11,14-16H2,1-2H3,(H2,20,21,22). The third kappa shape index (κ3) is 6.97. The zero-order valence-corrected chi connectivity index (χ0v) is 15.2. The van der Waals surface area contributed by atoms with Gasteiger partial charge < -0.3 is 15.4 Å². The SMILES string of the molecule is CCOCCCCNC(=NC)NCc1ccccc1Cn1cccn1. The third-order valence-corrected chi connectivity index (χ3v) is 3.89. The van der Waals surface area contributed by atoms with Crippen molar-refractivity contribution in [2.24, 2.45) is 4.99 Å². The fraction of sp³-hybridized carbons (Fsp3) is 0.474. The lowest BCUT2D eigenvalue weighted by molar-refractivity contribution is 0.143. The van der Waals surface area contributed by atoms with Gasteiger partial charge in [-0.2, -0.15) is 5.10 Å². The van der Waals surface area contributed by atoms with Crippen LogP contribution in [0.15, 0.2) is 47.7 Å². The van der Waals surface area contributed by atoms with E-state index in [1.165, 1.54) is 11.1 Å². The summed E-state index contributed by atoms with van der Waals surface area (Å²) in [4.78, 5) is 4.29. The van der Waals surface area contributed by atoms with Crippen LogP contribution in [0.5, 0.6) is 0 Å². The third-order valence-electron chi connectivity index (χ3n) is 3.89. The number of aliphatic imine (C=N–C) groups is 1. The van der Waals surface area contributed by atoms with Gasteiger partial charge >= 0.3 is 0 Å². The Hall–Kier alpha value is -2.34. The number of unbranched alkanes of at least 4 members (excludes halogenated alkanes) is 1. The first-order valence-corrected chi connectivity index (χ1v) is 8.90. The summed E-state index contributed by atoms with van der Waals surface area (Å²) in [7, 11) is 1.80. The molecule has 25 heavy (non-hydrogen) atoms. The van der Waals surface area contributed by atoms with E-state index in [1.54, 1.807) is 13.2 Å².